The molecule has 0 aromatic rings. The van der Waals surface area contributed by atoms with Crippen LogP contribution in [0.2, 0.25) is 0 Å². The van der Waals surface area contributed by atoms with Crippen LogP contribution in [0.25, 0.3) is 0 Å². The molecule has 0 fully saturated rings. The van der Waals surface area contributed by atoms with Gasteiger partial charge in [-0.05, 0) is 6.92 Å². The monoisotopic (exact) mass is 174 g/mol. The summed E-state index contributed by atoms with van der Waals surface area (Å²) in [5.41, 5.74) is 0. The molecule has 0 heterocycles. The van der Waals surface area contributed by atoms with E-state index in [0.29, 0.717) is 0 Å². The maximum atomic E-state index is 9.45. The molecular formula is C3H10Ca2O3. The molecule has 3 nitrogen and oxygen atoms in total. The Balaban J connectivity index is -0.00000000833. The van der Waals surface area contributed by atoms with E-state index >= 15 is 0 Å². The fourth-order valence-electron chi connectivity index (χ4n) is 0. The molecule has 44 valence electrons. The van der Waals surface area contributed by atoms with Gasteiger partial charge in [-0.25, -0.2) is 4.79 Å². The molecule has 1 atom stereocenters. The quantitative estimate of drug-likeness (QED) is 0.509. The van der Waals surface area contributed by atoms with Gasteiger partial charge in [-0.1, -0.05) is 0 Å². The minimum atomic E-state index is -1.23. The third kappa shape index (κ3) is 10.8. The van der Waals surface area contributed by atoms with Crippen molar-refractivity contribution in [2.45, 2.75) is 13.0 Å². The van der Waals surface area contributed by atoms with Gasteiger partial charge in [-0.2, -0.15) is 0 Å². The molecule has 0 saturated carbocycles. The summed E-state index contributed by atoms with van der Waals surface area (Å²) in [6.45, 7) is 1.20. The maximum absolute atomic E-state index is 9.45. The Labute approximate surface area is 113 Å². The van der Waals surface area contributed by atoms with Crippen LogP contribution in [0.1, 0.15) is 12.6 Å². The molecule has 0 amide bonds. The summed E-state index contributed by atoms with van der Waals surface area (Å²) in [6.07, 6.45) is -1.23. The second-order valence-electron chi connectivity index (χ2n) is 1.01. The van der Waals surface area contributed by atoms with E-state index in [2.05, 4.69) is 0 Å². The number of carbonyl (C=O) groups is 1. The minimum absolute atomic E-state index is 0. The fourth-order valence-corrected chi connectivity index (χ4v) is 0. The first-order chi connectivity index (χ1) is 2.64. The zero-order chi connectivity index (χ0) is 5.15. The van der Waals surface area contributed by atoms with Crippen LogP contribution < -0.4 is 0 Å². The number of carboxylic acids is 1. The van der Waals surface area contributed by atoms with Crippen LogP contribution in [0.15, 0.2) is 0 Å². The molecule has 0 spiro atoms. The largest absolute Gasteiger partial charge is 2.00 e. The number of aliphatic carboxylic acids is 1. The van der Waals surface area contributed by atoms with Crippen molar-refractivity contribution < 1.29 is 20.7 Å². The number of hydrogen-bond donors (Lipinski definition) is 2. The number of aliphatic hydroxyl groups is 1. The zero-order valence-corrected chi connectivity index (χ0v) is 9.21. The molecule has 0 aromatic carbocycles. The second kappa shape index (κ2) is 8.95. The van der Waals surface area contributed by atoms with Crippen molar-refractivity contribution in [3.05, 3.63) is 0 Å². The Morgan fingerprint density at radius 2 is 1.75 bits per heavy atom. The standard InChI is InChI=1S/C3H6O3.2Ca.4H/c1-2(4)3(5)6;;;;;;/h2,4H,1H3,(H,5,6);;;;;;/q;2*+2;4*-1. The summed E-state index contributed by atoms with van der Waals surface area (Å²) < 4.78 is 0. The SMILES string of the molecule is CC(O)C(=O)O.[Ca+2].[Ca+2].[H-].[H-].[H-].[H-]. The van der Waals surface area contributed by atoms with Crippen molar-refractivity contribution in [1.29, 1.82) is 0 Å². The van der Waals surface area contributed by atoms with Crippen LogP contribution >= 0.6 is 0 Å². The van der Waals surface area contributed by atoms with E-state index in [1.165, 1.54) is 6.92 Å². The van der Waals surface area contributed by atoms with Crippen LogP contribution in [-0.4, -0.2) is 97.8 Å². The first-order valence-electron chi connectivity index (χ1n) is 1.55. The Morgan fingerprint density at radius 1 is 1.62 bits per heavy atom. The number of hydrogen-bond acceptors (Lipinski definition) is 2. The van der Waals surface area contributed by atoms with Crippen LogP contribution in [-0.2, 0) is 4.79 Å². The van der Waals surface area contributed by atoms with Gasteiger partial charge in [0.1, 0.15) is 6.10 Å². The van der Waals surface area contributed by atoms with Crippen molar-refractivity contribution in [2.75, 3.05) is 0 Å². The average Bonchev–Trinajstić information content (AvgIpc) is 1.36. The Hall–Kier alpha value is 1.95. The molecule has 5 heteroatoms. The summed E-state index contributed by atoms with van der Waals surface area (Å²) in [6, 6.07) is 0. The first-order valence-corrected chi connectivity index (χ1v) is 1.55. The summed E-state index contributed by atoms with van der Waals surface area (Å²) in [5, 5.41) is 15.8. The minimum Gasteiger partial charge on any atom is -1.00 e. The summed E-state index contributed by atoms with van der Waals surface area (Å²) in [4.78, 5) is 9.45. The van der Waals surface area contributed by atoms with Gasteiger partial charge in [0.15, 0.2) is 0 Å². The second-order valence-corrected chi connectivity index (χ2v) is 1.01. The predicted octanol–water partition coefficient (Wildman–Crippen LogP) is -0.860. The van der Waals surface area contributed by atoms with Gasteiger partial charge in [0.05, 0.1) is 0 Å². The van der Waals surface area contributed by atoms with Gasteiger partial charge in [0.25, 0.3) is 0 Å². The van der Waals surface area contributed by atoms with Crippen LogP contribution in [0.4, 0.5) is 0 Å². The molecular weight excluding hydrogens is 164 g/mol. The first kappa shape index (κ1) is 16.5. The molecule has 0 bridgehead atoms. The normalized spacial score (nSPS) is 10.2. The summed E-state index contributed by atoms with van der Waals surface area (Å²) >= 11 is 0. The van der Waals surface area contributed by atoms with Crippen LogP contribution in [0, 0.1) is 0 Å². The molecule has 2 N–H and O–H groups in total. The van der Waals surface area contributed by atoms with Gasteiger partial charge >= 0.3 is 81.4 Å². The van der Waals surface area contributed by atoms with Crippen molar-refractivity contribution in [3.8, 4) is 0 Å². The summed E-state index contributed by atoms with van der Waals surface area (Å²) in [7, 11) is 0. The van der Waals surface area contributed by atoms with Crippen molar-refractivity contribution in [1.82, 2.24) is 0 Å². The number of aliphatic hydroxyl groups excluding tert-OH is 1. The molecule has 0 radical (unpaired) electrons. The zero-order valence-electron chi connectivity index (χ0n) is 8.79. The smallest absolute Gasteiger partial charge is 1.00 e. The van der Waals surface area contributed by atoms with Crippen molar-refractivity contribution in [3.63, 3.8) is 0 Å². The number of rotatable bonds is 1. The third-order valence-electron chi connectivity index (χ3n) is 0.357. The molecule has 8 heavy (non-hydrogen) atoms. The van der Waals surface area contributed by atoms with E-state index in [1.807, 2.05) is 0 Å². The van der Waals surface area contributed by atoms with Gasteiger partial charge in [0, 0.05) is 0 Å². The molecule has 0 saturated heterocycles. The van der Waals surface area contributed by atoms with Crippen LogP contribution in [0.5, 0.6) is 0 Å². The van der Waals surface area contributed by atoms with E-state index in [1.54, 1.807) is 0 Å². The molecule has 0 aliphatic heterocycles. The van der Waals surface area contributed by atoms with E-state index in [4.69, 9.17) is 10.2 Å². The molecule has 1 unspecified atom stereocenters. The topological polar surface area (TPSA) is 57.5 Å². The molecule has 0 aliphatic rings. The van der Waals surface area contributed by atoms with Crippen molar-refractivity contribution in [2.24, 2.45) is 0 Å². The molecule has 0 aliphatic carbocycles. The Kier molecular flexibility index (Phi) is 18.5. The molecule has 0 rings (SSSR count). The molecule has 0 aromatic heterocycles. The number of carboxylic acid groups (broad SMARTS) is 1. The summed E-state index contributed by atoms with van der Waals surface area (Å²) in [5.74, 6) is -1.19. The van der Waals surface area contributed by atoms with Crippen LogP contribution in [0.3, 0.4) is 0 Å². The fraction of sp³-hybridized carbons (Fsp3) is 0.667. The third-order valence-corrected chi connectivity index (χ3v) is 0.357. The van der Waals surface area contributed by atoms with Gasteiger partial charge < -0.3 is 15.9 Å². The predicted molar refractivity (Wildman–Crippen MR) is 35.3 cm³/mol. The van der Waals surface area contributed by atoms with Gasteiger partial charge in [-0.3, -0.25) is 0 Å². The van der Waals surface area contributed by atoms with Crippen molar-refractivity contribution >= 4 is 81.4 Å². The van der Waals surface area contributed by atoms with Gasteiger partial charge in [-0.15, -0.1) is 0 Å². The van der Waals surface area contributed by atoms with E-state index in [-0.39, 0.29) is 81.2 Å². The van der Waals surface area contributed by atoms with E-state index in [0.717, 1.165) is 0 Å². The van der Waals surface area contributed by atoms with E-state index in [9.17, 15) is 4.79 Å². The average molecular weight is 174 g/mol. The van der Waals surface area contributed by atoms with E-state index < -0.39 is 12.1 Å². The van der Waals surface area contributed by atoms with Gasteiger partial charge in [0.2, 0.25) is 0 Å². The maximum Gasteiger partial charge on any atom is 2.00 e. The Bertz CT molecular complexity index is 74.6. The Morgan fingerprint density at radius 3 is 1.75 bits per heavy atom.